The molecule has 0 aromatic heterocycles. The highest BCUT2D eigenvalue weighted by Gasteiger charge is 2.44. The standard InChI is InChI=1S/C14H23NO3/c1-13(2,3)18-12(17)15-8-11-5-4-6-14(7-11,9-15)10-16/h10-11H,4-9H2,1-3H3. The molecule has 18 heavy (non-hydrogen) atoms. The number of nitrogens with zero attached hydrogens (tertiary/aromatic N) is 1. The van der Waals surface area contributed by atoms with Crippen LogP contribution in [0.1, 0.15) is 46.5 Å². The Balaban J connectivity index is 2.07. The second kappa shape index (κ2) is 4.56. The highest BCUT2D eigenvalue weighted by Crippen LogP contribution is 2.42. The molecule has 102 valence electrons. The molecule has 4 heteroatoms. The molecular weight excluding hydrogens is 230 g/mol. The van der Waals surface area contributed by atoms with Crippen LogP contribution in [0.15, 0.2) is 0 Å². The smallest absolute Gasteiger partial charge is 0.410 e. The Bertz CT molecular complexity index is 347. The number of amides is 1. The SMILES string of the molecule is CC(C)(C)OC(=O)N1CC2CCCC(C=O)(C2)C1. The Morgan fingerprint density at radius 2 is 2.17 bits per heavy atom. The number of aldehydes is 1. The first-order valence-electron chi connectivity index (χ1n) is 6.78. The monoisotopic (exact) mass is 253 g/mol. The van der Waals surface area contributed by atoms with Crippen molar-refractivity contribution in [1.82, 2.24) is 4.90 Å². The fourth-order valence-corrected chi connectivity index (χ4v) is 3.19. The maximum Gasteiger partial charge on any atom is 0.410 e. The number of hydrogen-bond acceptors (Lipinski definition) is 3. The summed E-state index contributed by atoms with van der Waals surface area (Å²) in [6.07, 6.45) is 4.86. The lowest BCUT2D eigenvalue weighted by atomic mass is 9.67. The van der Waals surface area contributed by atoms with Crippen LogP contribution in [0, 0.1) is 11.3 Å². The molecule has 2 aliphatic rings. The summed E-state index contributed by atoms with van der Waals surface area (Å²) < 4.78 is 5.40. The van der Waals surface area contributed by atoms with Gasteiger partial charge in [0.2, 0.25) is 0 Å². The van der Waals surface area contributed by atoms with E-state index in [2.05, 4.69) is 0 Å². The van der Waals surface area contributed by atoms with Gasteiger partial charge in [0.05, 0.1) is 0 Å². The maximum atomic E-state index is 12.1. The van der Waals surface area contributed by atoms with Crippen LogP contribution in [0.5, 0.6) is 0 Å². The van der Waals surface area contributed by atoms with Gasteiger partial charge in [0.1, 0.15) is 11.9 Å². The van der Waals surface area contributed by atoms with Gasteiger partial charge in [-0.05, 0) is 46.0 Å². The minimum absolute atomic E-state index is 0.277. The number of fused-ring (bicyclic) bond motifs is 2. The predicted molar refractivity (Wildman–Crippen MR) is 68.3 cm³/mol. The third-order valence-corrected chi connectivity index (χ3v) is 3.87. The van der Waals surface area contributed by atoms with Gasteiger partial charge in [0.25, 0.3) is 0 Å². The Morgan fingerprint density at radius 1 is 1.44 bits per heavy atom. The predicted octanol–water partition coefficient (Wildman–Crippen LogP) is 2.61. The van der Waals surface area contributed by atoms with Gasteiger partial charge in [0, 0.05) is 18.5 Å². The van der Waals surface area contributed by atoms with E-state index in [9.17, 15) is 9.59 Å². The second-order valence-electron chi connectivity index (χ2n) is 6.80. The maximum absolute atomic E-state index is 12.1. The largest absolute Gasteiger partial charge is 0.444 e. The fourth-order valence-electron chi connectivity index (χ4n) is 3.19. The van der Waals surface area contributed by atoms with Gasteiger partial charge in [-0.3, -0.25) is 0 Å². The van der Waals surface area contributed by atoms with Crippen molar-refractivity contribution in [2.45, 2.75) is 52.1 Å². The van der Waals surface area contributed by atoms with Crippen LogP contribution in [0.4, 0.5) is 4.79 Å². The molecule has 0 aromatic carbocycles. The summed E-state index contributed by atoms with van der Waals surface area (Å²) in [6.45, 7) is 6.87. The topological polar surface area (TPSA) is 46.6 Å². The van der Waals surface area contributed by atoms with E-state index in [1.807, 2.05) is 20.8 Å². The number of rotatable bonds is 1. The van der Waals surface area contributed by atoms with Crippen LogP contribution in [0.25, 0.3) is 0 Å². The number of hydrogen-bond donors (Lipinski definition) is 0. The minimum Gasteiger partial charge on any atom is -0.444 e. The molecule has 2 atom stereocenters. The zero-order valence-corrected chi connectivity index (χ0v) is 11.6. The quantitative estimate of drug-likeness (QED) is 0.675. The van der Waals surface area contributed by atoms with E-state index in [0.717, 1.165) is 38.5 Å². The number of carbonyl (C=O) groups excluding carboxylic acids is 2. The van der Waals surface area contributed by atoms with E-state index in [1.54, 1.807) is 4.90 Å². The zero-order chi connectivity index (χ0) is 13.4. The third-order valence-electron chi connectivity index (χ3n) is 3.87. The lowest BCUT2D eigenvalue weighted by molar-refractivity contribution is -0.123. The summed E-state index contributed by atoms with van der Waals surface area (Å²) in [5.41, 5.74) is -0.782. The van der Waals surface area contributed by atoms with Gasteiger partial charge in [-0.2, -0.15) is 0 Å². The zero-order valence-electron chi connectivity index (χ0n) is 11.6. The summed E-state index contributed by atoms with van der Waals surface area (Å²) in [6, 6.07) is 0. The average Bonchev–Trinajstić information content (AvgIpc) is 2.26. The molecular formula is C14H23NO3. The number of carbonyl (C=O) groups is 2. The van der Waals surface area contributed by atoms with Gasteiger partial charge in [-0.25, -0.2) is 4.79 Å². The lowest BCUT2D eigenvalue weighted by Crippen LogP contribution is -2.53. The molecule has 1 saturated carbocycles. The fraction of sp³-hybridized carbons (Fsp3) is 0.857. The van der Waals surface area contributed by atoms with E-state index in [0.29, 0.717) is 12.5 Å². The molecule has 2 rings (SSSR count). The van der Waals surface area contributed by atoms with Crippen molar-refractivity contribution < 1.29 is 14.3 Å². The summed E-state index contributed by atoms with van der Waals surface area (Å²) >= 11 is 0. The van der Waals surface area contributed by atoms with Gasteiger partial charge >= 0.3 is 6.09 Å². The van der Waals surface area contributed by atoms with E-state index in [4.69, 9.17) is 4.74 Å². The van der Waals surface area contributed by atoms with E-state index in [-0.39, 0.29) is 11.5 Å². The number of likely N-dealkylation sites (tertiary alicyclic amines) is 1. The van der Waals surface area contributed by atoms with Crippen molar-refractivity contribution in [3.05, 3.63) is 0 Å². The summed E-state index contributed by atoms with van der Waals surface area (Å²) in [5.74, 6) is 0.463. The lowest BCUT2D eigenvalue weighted by Gasteiger charge is -2.46. The third kappa shape index (κ3) is 2.85. The molecule has 1 saturated heterocycles. The highest BCUT2D eigenvalue weighted by molar-refractivity contribution is 5.70. The molecule has 1 aliphatic carbocycles. The molecule has 0 spiro atoms. The molecule has 0 aromatic rings. The molecule has 1 aliphatic heterocycles. The summed E-state index contributed by atoms with van der Waals surface area (Å²) in [7, 11) is 0. The van der Waals surface area contributed by atoms with Gasteiger partial charge < -0.3 is 14.4 Å². The van der Waals surface area contributed by atoms with Crippen LogP contribution >= 0.6 is 0 Å². The molecule has 2 fully saturated rings. The van der Waals surface area contributed by atoms with Crippen LogP contribution in [-0.4, -0.2) is 36.0 Å². The van der Waals surface area contributed by atoms with E-state index in [1.165, 1.54) is 0 Å². The Morgan fingerprint density at radius 3 is 2.78 bits per heavy atom. The van der Waals surface area contributed by atoms with Gasteiger partial charge in [-0.15, -0.1) is 0 Å². The van der Waals surface area contributed by atoms with Crippen molar-refractivity contribution in [3.63, 3.8) is 0 Å². The Hall–Kier alpha value is -1.06. The van der Waals surface area contributed by atoms with Crippen LogP contribution in [0.2, 0.25) is 0 Å². The normalized spacial score (nSPS) is 31.9. The average molecular weight is 253 g/mol. The first-order chi connectivity index (χ1) is 8.34. The van der Waals surface area contributed by atoms with Crippen molar-refractivity contribution in [1.29, 1.82) is 0 Å². The Labute approximate surface area is 109 Å². The van der Waals surface area contributed by atoms with Crippen molar-refractivity contribution >= 4 is 12.4 Å². The molecule has 0 radical (unpaired) electrons. The van der Waals surface area contributed by atoms with E-state index >= 15 is 0 Å². The number of piperidine rings is 1. The van der Waals surface area contributed by atoms with Crippen molar-refractivity contribution in [2.24, 2.45) is 11.3 Å². The summed E-state index contributed by atoms with van der Waals surface area (Å²) in [4.78, 5) is 25.2. The molecule has 1 amide bonds. The molecule has 2 bridgehead atoms. The molecule has 0 N–H and O–H groups in total. The highest BCUT2D eigenvalue weighted by atomic mass is 16.6. The summed E-state index contributed by atoms with van der Waals surface area (Å²) in [5, 5.41) is 0. The first kappa shape index (κ1) is 13.4. The molecule has 4 nitrogen and oxygen atoms in total. The first-order valence-corrected chi connectivity index (χ1v) is 6.78. The number of ether oxygens (including phenoxy) is 1. The minimum atomic E-state index is -0.474. The second-order valence-corrected chi connectivity index (χ2v) is 6.80. The van der Waals surface area contributed by atoms with Crippen LogP contribution < -0.4 is 0 Å². The van der Waals surface area contributed by atoms with Crippen LogP contribution in [0.3, 0.4) is 0 Å². The molecule has 2 unspecified atom stereocenters. The Kier molecular flexibility index (Phi) is 3.39. The van der Waals surface area contributed by atoms with Crippen molar-refractivity contribution in [2.75, 3.05) is 13.1 Å². The van der Waals surface area contributed by atoms with Crippen molar-refractivity contribution in [3.8, 4) is 0 Å². The molecule has 1 heterocycles. The van der Waals surface area contributed by atoms with Crippen LogP contribution in [-0.2, 0) is 9.53 Å². The van der Waals surface area contributed by atoms with E-state index < -0.39 is 5.60 Å². The van der Waals surface area contributed by atoms with Gasteiger partial charge in [-0.1, -0.05) is 6.42 Å². The van der Waals surface area contributed by atoms with Gasteiger partial charge in [0.15, 0.2) is 0 Å².